The molecule has 0 unspecified atom stereocenters. The number of pyridine rings is 1. The molecule has 4 rings (SSSR count). The maximum Gasteiger partial charge on any atom is 0.229 e. The smallest absolute Gasteiger partial charge is 0.229 e. The standard InChI is InChI=1S/C21H17F2N5O2.C3H9N.2H2/c1-29-18-4-3-13(9-19(18)30-2)27-21-24-6-5-20(28-21)26-14-7-12-8-15(22)16(23)10-17(12)25-11-14;1-4(2)3;;/h3-11H,1-2H3,(H2,24,26,27,28);1-3H3;2*1H. The van der Waals surface area contributed by atoms with Crippen molar-refractivity contribution in [3.8, 4) is 11.5 Å². The maximum atomic E-state index is 13.5. The van der Waals surface area contributed by atoms with E-state index in [1.165, 1.54) is 6.20 Å². The Bertz CT molecular complexity index is 1280. The molecular formula is C24H30F2N6O2. The lowest BCUT2D eigenvalue weighted by atomic mass is 10.2. The van der Waals surface area contributed by atoms with E-state index in [4.69, 9.17) is 9.47 Å². The molecule has 182 valence electrons. The number of methoxy groups -OCH3 is 2. The first kappa shape index (κ1) is 24.6. The number of anilines is 4. The number of nitrogens with one attached hydrogen (secondary N) is 2. The Kier molecular flexibility index (Phi) is 8.10. The lowest BCUT2D eigenvalue weighted by Crippen LogP contribution is -2.01. The van der Waals surface area contributed by atoms with Crippen LogP contribution in [0.3, 0.4) is 0 Å². The fourth-order valence-corrected chi connectivity index (χ4v) is 2.87. The highest BCUT2D eigenvalue weighted by Gasteiger charge is 2.08. The molecule has 2 aromatic heterocycles. The van der Waals surface area contributed by atoms with Gasteiger partial charge in [-0.05, 0) is 51.5 Å². The van der Waals surface area contributed by atoms with E-state index in [0.717, 1.165) is 17.8 Å². The fourth-order valence-electron chi connectivity index (χ4n) is 2.87. The molecule has 34 heavy (non-hydrogen) atoms. The number of aromatic nitrogens is 3. The topological polar surface area (TPSA) is 84.4 Å². The number of halogens is 2. The predicted octanol–water partition coefficient (Wildman–Crippen LogP) is 5.48. The van der Waals surface area contributed by atoms with Gasteiger partial charge in [-0.15, -0.1) is 0 Å². The molecule has 2 aromatic carbocycles. The van der Waals surface area contributed by atoms with Crippen LogP contribution in [0, 0.1) is 11.6 Å². The van der Waals surface area contributed by atoms with E-state index < -0.39 is 11.6 Å². The molecule has 0 bridgehead atoms. The quantitative estimate of drug-likeness (QED) is 0.382. The third-order valence-electron chi connectivity index (χ3n) is 4.29. The number of benzene rings is 2. The van der Waals surface area contributed by atoms with Gasteiger partial charge in [0.15, 0.2) is 23.1 Å². The minimum atomic E-state index is -0.933. The van der Waals surface area contributed by atoms with Gasteiger partial charge >= 0.3 is 0 Å². The van der Waals surface area contributed by atoms with E-state index in [2.05, 4.69) is 25.6 Å². The zero-order valence-electron chi connectivity index (χ0n) is 19.6. The summed E-state index contributed by atoms with van der Waals surface area (Å²) in [5.74, 6) is 0.176. The zero-order chi connectivity index (χ0) is 24.7. The lowest BCUT2D eigenvalue weighted by Gasteiger charge is -2.11. The third kappa shape index (κ3) is 6.48. The molecule has 10 heteroatoms. The van der Waals surface area contributed by atoms with Gasteiger partial charge in [0.05, 0.1) is 31.6 Å². The summed E-state index contributed by atoms with van der Waals surface area (Å²) in [6, 6.07) is 10.8. The highest BCUT2D eigenvalue weighted by molar-refractivity contribution is 5.82. The molecule has 4 aromatic rings. The van der Waals surface area contributed by atoms with Crippen molar-refractivity contribution in [1.82, 2.24) is 19.9 Å². The van der Waals surface area contributed by atoms with Crippen molar-refractivity contribution < 1.29 is 21.1 Å². The van der Waals surface area contributed by atoms with Gasteiger partial charge in [-0.1, -0.05) is 0 Å². The molecule has 0 saturated carbocycles. The molecular weight excluding hydrogens is 442 g/mol. The van der Waals surface area contributed by atoms with Crippen molar-refractivity contribution in [2.45, 2.75) is 0 Å². The van der Waals surface area contributed by atoms with Crippen molar-refractivity contribution >= 4 is 34.0 Å². The van der Waals surface area contributed by atoms with Crippen LogP contribution in [0.5, 0.6) is 11.5 Å². The Morgan fingerprint density at radius 3 is 2.24 bits per heavy atom. The Balaban J connectivity index is 0.00000101. The summed E-state index contributed by atoms with van der Waals surface area (Å²) < 4.78 is 37.4. The normalized spacial score (nSPS) is 10.5. The van der Waals surface area contributed by atoms with Crippen LogP contribution in [-0.2, 0) is 0 Å². The van der Waals surface area contributed by atoms with Gasteiger partial charge in [-0.25, -0.2) is 13.8 Å². The number of fused-ring (bicyclic) bond motifs is 1. The molecule has 0 fully saturated rings. The molecule has 2 N–H and O–H groups in total. The molecule has 0 atom stereocenters. The van der Waals surface area contributed by atoms with Crippen molar-refractivity contribution in [1.29, 1.82) is 0 Å². The average molecular weight is 473 g/mol. The van der Waals surface area contributed by atoms with E-state index >= 15 is 0 Å². The summed E-state index contributed by atoms with van der Waals surface area (Å²) in [5.41, 5.74) is 1.65. The Hall–Kier alpha value is -4.05. The lowest BCUT2D eigenvalue weighted by molar-refractivity contribution is 0.355. The summed E-state index contributed by atoms with van der Waals surface area (Å²) >= 11 is 0. The fraction of sp³-hybridized carbons (Fsp3) is 0.208. The highest BCUT2D eigenvalue weighted by Crippen LogP contribution is 2.30. The maximum absolute atomic E-state index is 13.5. The van der Waals surface area contributed by atoms with Gasteiger partial charge < -0.3 is 25.0 Å². The molecule has 8 nitrogen and oxygen atoms in total. The summed E-state index contributed by atoms with van der Waals surface area (Å²) in [4.78, 5) is 14.8. The van der Waals surface area contributed by atoms with Crippen LogP contribution in [0.15, 0.2) is 54.9 Å². The van der Waals surface area contributed by atoms with Crippen LogP contribution in [0.2, 0.25) is 0 Å². The summed E-state index contributed by atoms with van der Waals surface area (Å²) in [5, 5.41) is 6.65. The Morgan fingerprint density at radius 2 is 1.53 bits per heavy atom. The van der Waals surface area contributed by atoms with Crippen LogP contribution in [0.4, 0.5) is 31.9 Å². The van der Waals surface area contributed by atoms with Gasteiger partial charge in [-0.3, -0.25) is 4.98 Å². The van der Waals surface area contributed by atoms with Crippen molar-refractivity contribution in [2.24, 2.45) is 0 Å². The molecule has 0 amide bonds. The molecule has 0 aliphatic carbocycles. The van der Waals surface area contributed by atoms with E-state index in [1.807, 2.05) is 32.1 Å². The summed E-state index contributed by atoms with van der Waals surface area (Å²) in [6.45, 7) is 0. The minimum absolute atomic E-state index is 0. The number of ether oxygens (including phenoxy) is 2. The number of nitrogens with zero attached hydrogens (tertiary/aromatic N) is 4. The Labute approximate surface area is 199 Å². The van der Waals surface area contributed by atoms with Gasteiger partial charge in [0.25, 0.3) is 0 Å². The molecule has 0 radical (unpaired) electrons. The zero-order valence-corrected chi connectivity index (χ0v) is 19.6. The first-order valence-corrected chi connectivity index (χ1v) is 10.2. The van der Waals surface area contributed by atoms with Gasteiger partial charge in [-0.2, -0.15) is 4.98 Å². The second kappa shape index (κ2) is 11.2. The average Bonchev–Trinajstić information content (AvgIpc) is 2.80. The van der Waals surface area contributed by atoms with Crippen LogP contribution in [0.1, 0.15) is 2.85 Å². The third-order valence-corrected chi connectivity index (χ3v) is 4.29. The van der Waals surface area contributed by atoms with Crippen molar-refractivity contribution in [2.75, 3.05) is 46.0 Å². The number of hydrogen-bond donors (Lipinski definition) is 2. The summed E-state index contributed by atoms with van der Waals surface area (Å²) in [6.07, 6.45) is 3.10. The minimum Gasteiger partial charge on any atom is -0.493 e. The van der Waals surface area contributed by atoms with E-state index in [0.29, 0.717) is 39.9 Å². The monoisotopic (exact) mass is 472 g/mol. The van der Waals surface area contributed by atoms with E-state index in [1.54, 1.807) is 44.7 Å². The SMILES string of the molecule is CN(C)C.COc1ccc(Nc2nccc(Nc3cnc4cc(F)c(F)cc4c3)n2)cc1OC.[HH].[HH]. The molecule has 0 spiro atoms. The molecule has 0 aliphatic rings. The van der Waals surface area contributed by atoms with E-state index in [-0.39, 0.29) is 2.85 Å². The van der Waals surface area contributed by atoms with Gasteiger partial charge in [0.2, 0.25) is 5.95 Å². The predicted molar refractivity (Wildman–Crippen MR) is 134 cm³/mol. The van der Waals surface area contributed by atoms with Gasteiger partial charge in [0.1, 0.15) is 5.82 Å². The largest absolute Gasteiger partial charge is 0.493 e. The highest BCUT2D eigenvalue weighted by atomic mass is 19.2. The van der Waals surface area contributed by atoms with Gasteiger partial charge in [0, 0.05) is 32.3 Å². The molecule has 0 saturated heterocycles. The number of hydrogen-bond acceptors (Lipinski definition) is 8. The molecule has 2 heterocycles. The summed E-state index contributed by atoms with van der Waals surface area (Å²) in [7, 11) is 9.12. The molecule has 0 aliphatic heterocycles. The second-order valence-electron chi connectivity index (χ2n) is 7.61. The number of rotatable bonds is 6. The van der Waals surface area contributed by atoms with Crippen molar-refractivity contribution in [3.63, 3.8) is 0 Å². The van der Waals surface area contributed by atoms with Crippen LogP contribution < -0.4 is 20.1 Å². The van der Waals surface area contributed by atoms with Crippen LogP contribution in [-0.4, -0.2) is 55.2 Å². The van der Waals surface area contributed by atoms with Crippen molar-refractivity contribution in [3.05, 3.63) is 66.5 Å². The van der Waals surface area contributed by atoms with E-state index in [9.17, 15) is 8.78 Å². The second-order valence-corrected chi connectivity index (χ2v) is 7.61. The van der Waals surface area contributed by atoms with Crippen LogP contribution in [0.25, 0.3) is 10.9 Å². The first-order chi connectivity index (χ1) is 16.3. The first-order valence-electron chi connectivity index (χ1n) is 10.2. The Morgan fingerprint density at radius 1 is 0.824 bits per heavy atom. The van der Waals surface area contributed by atoms with Crippen LogP contribution >= 0.6 is 0 Å².